The van der Waals surface area contributed by atoms with Gasteiger partial charge in [-0.1, -0.05) is 35.6 Å². The zero-order valence-electron chi connectivity index (χ0n) is 19.0. The Labute approximate surface area is 215 Å². The molecule has 34 heavy (non-hydrogen) atoms. The zero-order chi connectivity index (χ0) is 23.4. The molecule has 4 saturated carbocycles. The number of hydrogen-bond acceptors (Lipinski definition) is 5. The van der Waals surface area contributed by atoms with Crippen molar-refractivity contribution in [3.63, 3.8) is 0 Å². The number of nitrogens with two attached hydrogens (primary N) is 1. The first-order valence-electron chi connectivity index (χ1n) is 12.4. The zero-order valence-corrected chi connectivity index (χ0v) is 21.4. The van der Waals surface area contributed by atoms with Crippen LogP contribution in [-0.4, -0.2) is 27.7 Å². The van der Waals surface area contributed by atoms with E-state index in [0.717, 1.165) is 47.3 Å². The summed E-state index contributed by atoms with van der Waals surface area (Å²) >= 11 is 13.3. The predicted molar refractivity (Wildman–Crippen MR) is 142 cm³/mol. The van der Waals surface area contributed by atoms with Crippen LogP contribution in [0.2, 0.25) is 5.02 Å². The van der Waals surface area contributed by atoms with Crippen molar-refractivity contribution in [2.45, 2.75) is 51.0 Å². The summed E-state index contributed by atoms with van der Waals surface area (Å²) in [6.45, 7) is 0.607. The number of amides is 1. The largest absolute Gasteiger partial charge is 0.456 e. The number of aryl methyl sites for hydroxylation is 1. The quantitative estimate of drug-likeness (QED) is 0.353. The van der Waals surface area contributed by atoms with Gasteiger partial charge in [0, 0.05) is 22.7 Å². The first-order chi connectivity index (χ1) is 16.5. The topological polar surface area (TPSA) is 59.5 Å². The maximum absolute atomic E-state index is 13.7. The van der Waals surface area contributed by atoms with Gasteiger partial charge in [-0.2, -0.15) is 0 Å². The second-order valence-electron chi connectivity index (χ2n) is 10.4. The van der Waals surface area contributed by atoms with E-state index in [1.165, 1.54) is 43.9 Å². The standard InChI is InChI=1S/C27H29ClN2O2S2/c28-21-5-3-17(4-6-21)22-13-18(2-1-7-29)23(32-22)14-24-26(31)30(27(33)34-24)25-19-9-15-8-16(11-19)12-20(25)10-15/h3-6,13-16,19-20,25H,1-2,7-12,29H2/b24-14+. The van der Waals surface area contributed by atoms with Crippen molar-refractivity contribution in [2.75, 3.05) is 6.54 Å². The van der Waals surface area contributed by atoms with Crippen LogP contribution in [0.3, 0.4) is 0 Å². The van der Waals surface area contributed by atoms with Gasteiger partial charge >= 0.3 is 0 Å². The van der Waals surface area contributed by atoms with Crippen molar-refractivity contribution in [2.24, 2.45) is 29.4 Å². The Bertz CT molecular complexity index is 1130. The van der Waals surface area contributed by atoms with Crippen LogP contribution >= 0.6 is 35.6 Å². The van der Waals surface area contributed by atoms with E-state index in [1.807, 2.05) is 35.2 Å². The highest BCUT2D eigenvalue weighted by Crippen LogP contribution is 2.56. The molecule has 4 nitrogen and oxygen atoms in total. The molecular formula is C27H29ClN2O2S2. The Morgan fingerprint density at radius 3 is 2.44 bits per heavy atom. The molecule has 1 saturated heterocycles. The van der Waals surface area contributed by atoms with Crippen LogP contribution in [0.5, 0.6) is 0 Å². The number of carbonyl (C=O) groups excluding carboxylic acids is 1. The lowest BCUT2D eigenvalue weighted by Gasteiger charge is -2.56. The second-order valence-corrected chi connectivity index (χ2v) is 12.5. The number of thiocarbonyl (C=S) groups is 1. The van der Waals surface area contributed by atoms with Crippen LogP contribution in [0, 0.1) is 23.7 Å². The summed E-state index contributed by atoms with van der Waals surface area (Å²) < 4.78 is 6.98. The fourth-order valence-corrected chi connectivity index (χ4v) is 8.43. The van der Waals surface area contributed by atoms with Crippen LogP contribution in [0.15, 0.2) is 39.7 Å². The van der Waals surface area contributed by atoms with E-state index >= 15 is 0 Å². The highest BCUT2D eigenvalue weighted by molar-refractivity contribution is 8.26. The molecule has 1 aromatic heterocycles. The Morgan fingerprint density at radius 2 is 1.79 bits per heavy atom. The summed E-state index contributed by atoms with van der Waals surface area (Å²) in [5, 5.41) is 0.687. The summed E-state index contributed by atoms with van der Waals surface area (Å²) in [5.74, 6) is 4.51. The molecule has 5 fully saturated rings. The normalized spacial score (nSPS) is 31.3. The Morgan fingerprint density at radius 1 is 1.12 bits per heavy atom. The van der Waals surface area contributed by atoms with Crippen LogP contribution < -0.4 is 5.73 Å². The highest BCUT2D eigenvalue weighted by Gasteiger charge is 2.53. The predicted octanol–water partition coefficient (Wildman–Crippen LogP) is 6.52. The van der Waals surface area contributed by atoms with Crippen LogP contribution in [0.4, 0.5) is 0 Å². The van der Waals surface area contributed by atoms with E-state index in [2.05, 4.69) is 6.07 Å². The number of carbonyl (C=O) groups is 1. The molecule has 1 amide bonds. The molecule has 2 aromatic rings. The van der Waals surface area contributed by atoms with Crippen molar-refractivity contribution >= 4 is 51.9 Å². The van der Waals surface area contributed by atoms with Crippen molar-refractivity contribution in [1.82, 2.24) is 4.90 Å². The maximum atomic E-state index is 13.7. The SMILES string of the molecule is NCCCc1cc(-c2ccc(Cl)cc2)oc1/C=C1/SC(=S)N(C2C3CC4CC(C3)CC2C4)C1=O. The van der Waals surface area contributed by atoms with Crippen molar-refractivity contribution in [1.29, 1.82) is 0 Å². The number of hydrogen-bond donors (Lipinski definition) is 1. The summed E-state index contributed by atoms with van der Waals surface area (Å²) in [7, 11) is 0. The lowest BCUT2D eigenvalue weighted by molar-refractivity contribution is -0.130. The number of halogens is 1. The molecule has 4 bridgehead atoms. The van der Waals surface area contributed by atoms with E-state index in [1.54, 1.807) is 0 Å². The fourth-order valence-electron chi connectivity index (χ4n) is 6.98. The average Bonchev–Trinajstić information content (AvgIpc) is 3.33. The molecule has 1 aromatic carbocycles. The van der Waals surface area contributed by atoms with Gasteiger partial charge in [0.1, 0.15) is 15.8 Å². The molecule has 0 radical (unpaired) electrons. The molecular weight excluding hydrogens is 484 g/mol. The van der Waals surface area contributed by atoms with E-state index < -0.39 is 0 Å². The van der Waals surface area contributed by atoms with Gasteiger partial charge in [-0.3, -0.25) is 9.69 Å². The van der Waals surface area contributed by atoms with Gasteiger partial charge in [0.25, 0.3) is 5.91 Å². The molecule has 2 heterocycles. The van der Waals surface area contributed by atoms with Gasteiger partial charge in [0.15, 0.2) is 0 Å². The molecule has 0 spiro atoms. The van der Waals surface area contributed by atoms with E-state index in [4.69, 9.17) is 34.0 Å². The van der Waals surface area contributed by atoms with Gasteiger partial charge in [-0.15, -0.1) is 0 Å². The molecule has 7 rings (SSSR count). The monoisotopic (exact) mass is 512 g/mol. The molecule has 4 aliphatic carbocycles. The van der Waals surface area contributed by atoms with Crippen molar-refractivity contribution in [3.8, 4) is 11.3 Å². The highest BCUT2D eigenvalue weighted by atomic mass is 35.5. The van der Waals surface area contributed by atoms with Crippen molar-refractivity contribution in [3.05, 3.63) is 51.6 Å². The third kappa shape index (κ3) is 4.06. The van der Waals surface area contributed by atoms with Gasteiger partial charge in [-0.25, -0.2) is 0 Å². The summed E-state index contributed by atoms with van der Waals surface area (Å²) in [5.41, 5.74) is 7.80. The molecule has 2 N–H and O–H groups in total. The Balaban J connectivity index is 1.30. The van der Waals surface area contributed by atoms with E-state index in [-0.39, 0.29) is 11.9 Å². The number of rotatable bonds is 6. The van der Waals surface area contributed by atoms with Crippen molar-refractivity contribution < 1.29 is 9.21 Å². The van der Waals surface area contributed by atoms with Gasteiger partial charge in [0.05, 0.1) is 4.91 Å². The van der Waals surface area contributed by atoms with Crippen LogP contribution in [-0.2, 0) is 11.2 Å². The third-order valence-electron chi connectivity index (χ3n) is 8.18. The molecule has 5 aliphatic rings. The maximum Gasteiger partial charge on any atom is 0.266 e. The number of furan rings is 1. The number of benzene rings is 1. The number of thioether (sulfide) groups is 1. The molecule has 1 aliphatic heterocycles. The van der Waals surface area contributed by atoms with Gasteiger partial charge < -0.3 is 10.2 Å². The minimum absolute atomic E-state index is 0.0571. The second kappa shape index (κ2) is 9.12. The summed E-state index contributed by atoms with van der Waals surface area (Å²) in [6, 6.07) is 9.95. The molecule has 178 valence electrons. The van der Waals surface area contributed by atoms with Gasteiger partial charge in [0.2, 0.25) is 0 Å². The van der Waals surface area contributed by atoms with Crippen LogP contribution in [0.1, 0.15) is 49.8 Å². The fraction of sp³-hybridized carbons (Fsp3) is 0.481. The Hall–Kier alpha value is -1.60. The lowest BCUT2D eigenvalue weighted by atomic mass is 9.54. The summed E-state index contributed by atoms with van der Waals surface area (Å²) in [6.07, 6.45) is 10.0. The third-order valence-corrected chi connectivity index (χ3v) is 9.76. The first-order valence-corrected chi connectivity index (χ1v) is 14.0. The molecule has 7 heteroatoms. The van der Waals surface area contributed by atoms with E-state index in [9.17, 15) is 4.79 Å². The Kier molecular flexibility index (Phi) is 6.13. The minimum atomic E-state index is 0.0571. The van der Waals surface area contributed by atoms with E-state index in [0.29, 0.717) is 32.6 Å². The van der Waals surface area contributed by atoms with Crippen LogP contribution in [0.25, 0.3) is 17.4 Å². The summed E-state index contributed by atoms with van der Waals surface area (Å²) in [4.78, 5) is 16.3. The number of nitrogens with zero attached hydrogens (tertiary/aromatic N) is 1. The first kappa shape index (κ1) is 22.8. The van der Waals surface area contributed by atoms with Gasteiger partial charge in [-0.05, 0) is 111 Å². The molecule has 0 atom stereocenters. The minimum Gasteiger partial charge on any atom is -0.456 e. The lowest BCUT2D eigenvalue weighted by Crippen LogP contribution is -2.57. The smallest absolute Gasteiger partial charge is 0.266 e. The average molecular weight is 513 g/mol. The molecule has 0 unspecified atom stereocenters.